The van der Waals surface area contributed by atoms with Gasteiger partial charge < -0.3 is 9.45 Å². The minimum atomic E-state index is -4.45. The van der Waals surface area contributed by atoms with Crippen molar-refractivity contribution in [3.05, 3.63) is 66.1 Å². The van der Waals surface area contributed by atoms with Gasteiger partial charge in [0.2, 0.25) is 0 Å². The van der Waals surface area contributed by atoms with Gasteiger partial charge in [0, 0.05) is 23.8 Å². The number of aromatic nitrogens is 1. The molecule has 7 heteroatoms. The van der Waals surface area contributed by atoms with Crippen molar-refractivity contribution in [1.29, 1.82) is 0 Å². The van der Waals surface area contributed by atoms with Gasteiger partial charge in [0.25, 0.3) is 0 Å². The fourth-order valence-corrected chi connectivity index (χ4v) is 3.46. The van der Waals surface area contributed by atoms with Gasteiger partial charge in [-0.2, -0.15) is 13.2 Å². The summed E-state index contributed by atoms with van der Waals surface area (Å²) in [6.07, 6.45) is 2.11. The molecule has 3 rings (SSSR count). The summed E-state index contributed by atoms with van der Waals surface area (Å²) in [4.78, 5) is 6.88. The molecule has 0 radical (unpaired) electrons. The SMILES string of the molecule is [O-][S+](c1ccc(CN2C=CCC2)nc1)c1cccc(C(F)(F)F)c1. The van der Waals surface area contributed by atoms with Crippen LogP contribution in [0.4, 0.5) is 13.2 Å². The molecule has 24 heavy (non-hydrogen) atoms. The standard InChI is InChI=1S/C17H15F3N2OS/c18-17(19,20)13-4-3-5-15(10-13)24(23)16-7-6-14(21-11-16)12-22-8-1-2-9-22/h1,3-8,10-11H,2,9,12H2. The molecule has 0 amide bonds. The molecule has 2 aromatic rings. The molecule has 1 aliphatic rings. The third-order valence-electron chi connectivity index (χ3n) is 3.65. The molecule has 0 saturated carbocycles. The van der Waals surface area contributed by atoms with Gasteiger partial charge in [-0.05, 0) is 36.9 Å². The normalized spacial score (nSPS) is 15.8. The highest BCUT2D eigenvalue weighted by Gasteiger charge is 2.32. The highest BCUT2D eigenvalue weighted by Crippen LogP contribution is 2.31. The first-order valence-electron chi connectivity index (χ1n) is 7.38. The molecule has 0 spiro atoms. The summed E-state index contributed by atoms with van der Waals surface area (Å²) in [5, 5.41) is 0. The van der Waals surface area contributed by atoms with E-state index in [2.05, 4.69) is 16.0 Å². The van der Waals surface area contributed by atoms with Gasteiger partial charge in [0.05, 0.1) is 24.0 Å². The fourth-order valence-electron chi connectivity index (χ4n) is 2.42. The van der Waals surface area contributed by atoms with Crippen LogP contribution in [0.5, 0.6) is 0 Å². The second kappa shape index (κ2) is 6.86. The Morgan fingerprint density at radius 1 is 1.17 bits per heavy atom. The van der Waals surface area contributed by atoms with Crippen LogP contribution in [0.15, 0.2) is 64.7 Å². The zero-order chi connectivity index (χ0) is 17.2. The quantitative estimate of drug-likeness (QED) is 0.781. The predicted molar refractivity (Wildman–Crippen MR) is 84.5 cm³/mol. The van der Waals surface area contributed by atoms with Crippen LogP contribution >= 0.6 is 0 Å². The molecule has 3 nitrogen and oxygen atoms in total. The fraction of sp³-hybridized carbons (Fsp3) is 0.235. The number of rotatable bonds is 4. The van der Waals surface area contributed by atoms with Crippen molar-refractivity contribution in [3.63, 3.8) is 0 Å². The number of alkyl halides is 3. The molecular weight excluding hydrogens is 337 g/mol. The molecule has 1 aromatic heterocycles. The lowest BCUT2D eigenvalue weighted by Crippen LogP contribution is -2.14. The van der Waals surface area contributed by atoms with E-state index in [0.717, 1.165) is 30.8 Å². The van der Waals surface area contributed by atoms with Gasteiger partial charge in [0.15, 0.2) is 9.79 Å². The number of halogens is 3. The van der Waals surface area contributed by atoms with Crippen LogP contribution in [0.25, 0.3) is 0 Å². The molecule has 1 aromatic carbocycles. The van der Waals surface area contributed by atoms with Gasteiger partial charge in [-0.1, -0.05) is 12.1 Å². The molecule has 0 fully saturated rings. The summed E-state index contributed by atoms with van der Waals surface area (Å²) in [6.45, 7) is 1.60. The average Bonchev–Trinajstić information content (AvgIpc) is 3.07. The summed E-state index contributed by atoms with van der Waals surface area (Å²) >= 11 is -1.69. The van der Waals surface area contributed by atoms with E-state index in [9.17, 15) is 17.7 Å². The van der Waals surface area contributed by atoms with Gasteiger partial charge in [-0.25, -0.2) is 0 Å². The van der Waals surface area contributed by atoms with Crippen molar-refractivity contribution in [3.8, 4) is 0 Å². The van der Waals surface area contributed by atoms with Crippen LogP contribution in [0.1, 0.15) is 17.7 Å². The number of hydrogen-bond donors (Lipinski definition) is 0. The predicted octanol–water partition coefficient (Wildman–Crippen LogP) is 3.99. The Bertz CT molecular complexity index is 731. The van der Waals surface area contributed by atoms with E-state index in [1.54, 1.807) is 12.1 Å². The first-order chi connectivity index (χ1) is 11.4. The zero-order valence-electron chi connectivity index (χ0n) is 12.7. The summed E-state index contributed by atoms with van der Waals surface area (Å²) in [6, 6.07) is 7.97. The van der Waals surface area contributed by atoms with E-state index in [-0.39, 0.29) is 4.90 Å². The monoisotopic (exact) mass is 352 g/mol. The van der Waals surface area contributed by atoms with Gasteiger partial charge >= 0.3 is 6.18 Å². The number of benzene rings is 1. The number of pyridine rings is 1. The molecule has 2 heterocycles. The van der Waals surface area contributed by atoms with Crippen LogP contribution in [0, 0.1) is 0 Å². The minimum absolute atomic E-state index is 0.113. The van der Waals surface area contributed by atoms with Crippen molar-refractivity contribution in [2.24, 2.45) is 0 Å². The zero-order valence-corrected chi connectivity index (χ0v) is 13.5. The third kappa shape index (κ3) is 3.91. The second-order valence-corrected chi connectivity index (χ2v) is 6.90. The summed E-state index contributed by atoms with van der Waals surface area (Å²) < 4.78 is 50.7. The van der Waals surface area contributed by atoms with Crippen LogP contribution < -0.4 is 0 Å². The molecule has 0 aliphatic carbocycles. The number of nitrogens with zero attached hydrogens (tertiary/aromatic N) is 2. The molecular formula is C17H15F3N2OS. The molecule has 1 aliphatic heterocycles. The second-order valence-electron chi connectivity index (χ2n) is 5.42. The lowest BCUT2D eigenvalue weighted by molar-refractivity contribution is -0.137. The van der Waals surface area contributed by atoms with Gasteiger partial charge in [-0.3, -0.25) is 4.98 Å². The Labute approximate surface area is 141 Å². The van der Waals surface area contributed by atoms with E-state index in [1.807, 2.05) is 6.20 Å². The lowest BCUT2D eigenvalue weighted by Gasteiger charge is -2.15. The van der Waals surface area contributed by atoms with Crippen molar-refractivity contribution >= 4 is 11.2 Å². The van der Waals surface area contributed by atoms with Crippen molar-refractivity contribution in [1.82, 2.24) is 9.88 Å². The van der Waals surface area contributed by atoms with E-state index in [4.69, 9.17) is 0 Å². The minimum Gasteiger partial charge on any atom is -0.606 e. The molecule has 0 saturated heterocycles. The maximum Gasteiger partial charge on any atom is 0.416 e. The smallest absolute Gasteiger partial charge is 0.416 e. The Balaban J connectivity index is 1.75. The summed E-state index contributed by atoms with van der Waals surface area (Å²) in [5.74, 6) is 0. The maximum absolute atomic E-state index is 12.8. The van der Waals surface area contributed by atoms with Crippen molar-refractivity contribution in [2.45, 2.75) is 28.9 Å². The van der Waals surface area contributed by atoms with E-state index in [1.165, 1.54) is 18.3 Å². The summed E-state index contributed by atoms with van der Waals surface area (Å²) in [5.41, 5.74) is 0.0186. The maximum atomic E-state index is 12.8. The average molecular weight is 352 g/mol. The van der Waals surface area contributed by atoms with E-state index >= 15 is 0 Å². The topological polar surface area (TPSA) is 39.2 Å². The first kappa shape index (κ1) is 16.9. The van der Waals surface area contributed by atoms with Crippen LogP contribution in [-0.4, -0.2) is 21.0 Å². The van der Waals surface area contributed by atoms with E-state index < -0.39 is 22.9 Å². The van der Waals surface area contributed by atoms with Crippen molar-refractivity contribution in [2.75, 3.05) is 6.54 Å². The molecule has 0 bridgehead atoms. The molecule has 1 unspecified atom stereocenters. The lowest BCUT2D eigenvalue weighted by atomic mass is 10.2. The Kier molecular flexibility index (Phi) is 4.82. The van der Waals surface area contributed by atoms with Crippen molar-refractivity contribution < 1.29 is 17.7 Å². The van der Waals surface area contributed by atoms with Crippen LogP contribution in [0.2, 0.25) is 0 Å². The first-order valence-corrected chi connectivity index (χ1v) is 8.53. The Morgan fingerprint density at radius 3 is 2.62 bits per heavy atom. The molecule has 126 valence electrons. The van der Waals surface area contributed by atoms with Gasteiger partial charge in [-0.15, -0.1) is 0 Å². The summed E-state index contributed by atoms with van der Waals surface area (Å²) in [7, 11) is 0. The highest BCUT2D eigenvalue weighted by atomic mass is 32.2. The van der Waals surface area contributed by atoms with E-state index in [0.29, 0.717) is 11.4 Å². The van der Waals surface area contributed by atoms with Crippen LogP contribution in [-0.2, 0) is 23.9 Å². The largest absolute Gasteiger partial charge is 0.606 e. The highest BCUT2D eigenvalue weighted by molar-refractivity contribution is 7.91. The van der Waals surface area contributed by atoms with Gasteiger partial charge in [0.1, 0.15) is 0 Å². The third-order valence-corrected chi connectivity index (χ3v) is 5.00. The Morgan fingerprint density at radius 2 is 2.00 bits per heavy atom. The Hall–Kier alpha value is -1.99. The molecule has 0 N–H and O–H groups in total. The van der Waals surface area contributed by atoms with Crippen LogP contribution in [0.3, 0.4) is 0 Å². The molecule has 1 atom stereocenters. The number of hydrogen-bond acceptors (Lipinski definition) is 3.